The third-order valence-corrected chi connectivity index (χ3v) is 3.80. The van der Waals surface area contributed by atoms with Gasteiger partial charge in [0.2, 0.25) is 0 Å². The molecule has 0 spiro atoms. The highest BCUT2D eigenvalue weighted by molar-refractivity contribution is 5.96. The van der Waals surface area contributed by atoms with Crippen molar-refractivity contribution < 1.29 is 18.7 Å². The molecule has 126 valence electrons. The first-order chi connectivity index (χ1) is 11.6. The molecule has 0 unspecified atom stereocenters. The average molecular weight is 328 g/mol. The molecule has 1 atom stereocenters. The molecule has 0 saturated heterocycles. The van der Waals surface area contributed by atoms with E-state index >= 15 is 0 Å². The minimum atomic E-state index is -0.318. The van der Waals surface area contributed by atoms with E-state index in [1.54, 1.807) is 19.2 Å². The first-order valence-corrected chi connectivity index (χ1v) is 7.92. The molecule has 6 heteroatoms. The molecular weight excluding hydrogens is 308 g/mol. The smallest absolute Gasteiger partial charge is 0.274 e. The van der Waals surface area contributed by atoms with Crippen LogP contribution in [0.2, 0.25) is 0 Å². The molecule has 0 radical (unpaired) electrons. The largest absolute Gasteiger partial charge is 0.493 e. The lowest BCUT2D eigenvalue weighted by molar-refractivity contribution is 0.0953. The molecule has 0 aliphatic carbocycles. The summed E-state index contributed by atoms with van der Waals surface area (Å²) in [5.74, 6) is 1.80. The number of hydrogen-bond acceptors (Lipinski definition) is 5. The van der Waals surface area contributed by atoms with Gasteiger partial charge >= 0.3 is 0 Å². The van der Waals surface area contributed by atoms with E-state index in [9.17, 15) is 4.79 Å². The Hall–Kier alpha value is -2.76. The summed E-state index contributed by atoms with van der Waals surface area (Å²) in [4.78, 5) is 12.0. The lowest BCUT2D eigenvalue weighted by Gasteiger charge is -2.09. The lowest BCUT2D eigenvalue weighted by atomic mass is 10.1. The van der Waals surface area contributed by atoms with Crippen molar-refractivity contribution in [3.63, 3.8) is 0 Å². The van der Waals surface area contributed by atoms with Crippen molar-refractivity contribution >= 4 is 12.1 Å². The number of nitrogens with zero attached hydrogens (tertiary/aromatic N) is 1. The van der Waals surface area contributed by atoms with E-state index in [0.717, 1.165) is 29.0 Å². The minimum absolute atomic E-state index is 0.158. The van der Waals surface area contributed by atoms with Crippen LogP contribution in [0, 0.1) is 6.92 Å². The lowest BCUT2D eigenvalue weighted by Crippen LogP contribution is -2.17. The average Bonchev–Trinajstić information content (AvgIpc) is 3.12. The fourth-order valence-corrected chi connectivity index (χ4v) is 2.68. The summed E-state index contributed by atoms with van der Waals surface area (Å²) in [5, 5.41) is 4.02. The Morgan fingerprint density at radius 1 is 1.50 bits per heavy atom. The van der Waals surface area contributed by atoms with Gasteiger partial charge < -0.3 is 13.9 Å². The standard InChI is InChI=1S/C18H20N2O4/c1-4-22-16-8-13-7-11(2)24-17(13)9-14(16)10-19-20-18(21)15-5-6-23-12(15)3/h5-6,8-11H,4,7H2,1-3H3,(H,20,21)/b19-10-/t11-/m0/s1. The van der Waals surface area contributed by atoms with Gasteiger partial charge in [-0.3, -0.25) is 4.79 Å². The van der Waals surface area contributed by atoms with Crippen LogP contribution < -0.4 is 14.9 Å². The summed E-state index contributed by atoms with van der Waals surface area (Å²) in [6, 6.07) is 5.48. The number of benzene rings is 1. The number of carbonyl (C=O) groups excluding carboxylic acids is 1. The van der Waals surface area contributed by atoms with Crippen LogP contribution in [-0.4, -0.2) is 24.8 Å². The van der Waals surface area contributed by atoms with Gasteiger partial charge in [-0.2, -0.15) is 5.10 Å². The third-order valence-electron chi connectivity index (χ3n) is 3.80. The number of carbonyl (C=O) groups is 1. The SMILES string of the molecule is CCOc1cc2c(cc1/C=N\NC(=O)c1ccoc1C)O[C@@H](C)C2. The van der Waals surface area contributed by atoms with E-state index in [1.165, 1.54) is 6.26 Å². The zero-order valence-electron chi connectivity index (χ0n) is 14.0. The number of nitrogens with one attached hydrogen (secondary N) is 1. The van der Waals surface area contributed by atoms with Gasteiger partial charge in [0.1, 0.15) is 23.4 Å². The molecule has 1 amide bonds. The Balaban J connectivity index is 1.77. The second kappa shape index (κ2) is 6.78. The normalized spacial score (nSPS) is 16.0. The molecule has 2 aromatic rings. The van der Waals surface area contributed by atoms with Crippen molar-refractivity contribution in [2.45, 2.75) is 33.3 Å². The number of aryl methyl sites for hydroxylation is 1. The maximum atomic E-state index is 12.0. The highest BCUT2D eigenvalue weighted by Crippen LogP contribution is 2.34. The van der Waals surface area contributed by atoms with Gasteiger partial charge in [-0.1, -0.05) is 0 Å². The van der Waals surface area contributed by atoms with E-state index in [1.807, 2.05) is 26.0 Å². The molecule has 0 bridgehead atoms. The van der Waals surface area contributed by atoms with E-state index in [-0.39, 0.29) is 12.0 Å². The van der Waals surface area contributed by atoms with Crippen LogP contribution in [0.3, 0.4) is 0 Å². The van der Waals surface area contributed by atoms with Crippen molar-refractivity contribution in [1.29, 1.82) is 0 Å². The first kappa shape index (κ1) is 16.1. The number of rotatable bonds is 5. The molecule has 1 aliphatic rings. The van der Waals surface area contributed by atoms with Crippen LogP contribution >= 0.6 is 0 Å². The topological polar surface area (TPSA) is 73.1 Å². The Morgan fingerprint density at radius 3 is 3.04 bits per heavy atom. The van der Waals surface area contributed by atoms with Gasteiger partial charge in [0.25, 0.3) is 5.91 Å². The van der Waals surface area contributed by atoms with E-state index in [0.29, 0.717) is 17.9 Å². The number of ether oxygens (including phenoxy) is 2. The zero-order valence-corrected chi connectivity index (χ0v) is 14.0. The van der Waals surface area contributed by atoms with Gasteiger partial charge in [-0.15, -0.1) is 0 Å². The Labute approximate surface area is 140 Å². The second-order valence-electron chi connectivity index (χ2n) is 5.65. The Morgan fingerprint density at radius 2 is 2.33 bits per heavy atom. The fourth-order valence-electron chi connectivity index (χ4n) is 2.68. The molecule has 2 heterocycles. The van der Waals surface area contributed by atoms with Gasteiger partial charge in [0.15, 0.2) is 0 Å². The van der Waals surface area contributed by atoms with E-state index in [2.05, 4.69) is 10.5 Å². The summed E-state index contributed by atoms with van der Waals surface area (Å²) in [6.45, 7) is 6.24. The van der Waals surface area contributed by atoms with Crippen molar-refractivity contribution in [2.24, 2.45) is 5.10 Å². The maximum Gasteiger partial charge on any atom is 0.274 e. The van der Waals surface area contributed by atoms with Crippen molar-refractivity contribution in [3.05, 3.63) is 46.9 Å². The molecule has 1 aromatic heterocycles. The third kappa shape index (κ3) is 3.27. The van der Waals surface area contributed by atoms with Crippen LogP contribution in [0.4, 0.5) is 0 Å². The van der Waals surface area contributed by atoms with Gasteiger partial charge in [-0.25, -0.2) is 5.43 Å². The van der Waals surface area contributed by atoms with Gasteiger partial charge in [-0.05, 0) is 39.0 Å². The Bertz CT molecular complexity index is 779. The van der Waals surface area contributed by atoms with Crippen molar-refractivity contribution in [1.82, 2.24) is 5.43 Å². The van der Waals surface area contributed by atoms with E-state index < -0.39 is 0 Å². The number of fused-ring (bicyclic) bond motifs is 1. The predicted molar refractivity (Wildman–Crippen MR) is 89.9 cm³/mol. The maximum absolute atomic E-state index is 12.0. The first-order valence-electron chi connectivity index (χ1n) is 7.92. The van der Waals surface area contributed by atoms with Crippen LogP contribution in [0.1, 0.15) is 41.1 Å². The van der Waals surface area contributed by atoms with Gasteiger partial charge in [0.05, 0.1) is 24.6 Å². The fraction of sp³-hybridized carbons (Fsp3) is 0.333. The summed E-state index contributed by atoms with van der Waals surface area (Å²) < 4.78 is 16.6. The molecule has 0 saturated carbocycles. The van der Waals surface area contributed by atoms with Crippen LogP contribution in [0.5, 0.6) is 11.5 Å². The second-order valence-corrected chi connectivity index (χ2v) is 5.65. The summed E-state index contributed by atoms with van der Waals surface area (Å²) in [7, 11) is 0. The van der Waals surface area contributed by atoms with Crippen molar-refractivity contribution in [3.8, 4) is 11.5 Å². The molecular formula is C18H20N2O4. The highest BCUT2D eigenvalue weighted by atomic mass is 16.5. The summed E-state index contributed by atoms with van der Waals surface area (Å²) in [6.07, 6.45) is 4.06. The zero-order chi connectivity index (χ0) is 17.1. The van der Waals surface area contributed by atoms with E-state index in [4.69, 9.17) is 13.9 Å². The van der Waals surface area contributed by atoms with Crippen LogP contribution in [0.25, 0.3) is 0 Å². The molecule has 24 heavy (non-hydrogen) atoms. The van der Waals surface area contributed by atoms with Crippen LogP contribution in [-0.2, 0) is 6.42 Å². The monoisotopic (exact) mass is 328 g/mol. The van der Waals surface area contributed by atoms with Crippen molar-refractivity contribution in [2.75, 3.05) is 6.61 Å². The number of hydrogen-bond donors (Lipinski definition) is 1. The molecule has 1 aliphatic heterocycles. The summed E-state index contributed by atoms with van der Waals surface area (Å²) >= 11 is 0. The molecule has 1 aromatic carbocycles. The number of furan rings is 1. The number of amides is 1. The Kier molecular flexibility index (Phi) is 4.55. The minimum Gasteiger partial charge on any atom is -0.493 e. The summed E-state index contributed by atoms with van der Waals surface area (Å²) in [5.41, 5.74) is 4.84. The number of hydrazone groups is 1. The molecule has 1 N–H and O–H groups in total. The predicted octanol–water partition coefficient (Wildman–Crippen LogP) is 3.07. The quantitative estimate of drug-likeness (QED) is 0.676. The van der Waals surface area contributed by atoms with Crippen LogP contribution in [0.15, 0.2) is 34.0 Å². The highest BCUT2D eigenvalue weighted by Gasteiger charge is 2.21. The molecule has 6 nitrogen and oxygen atoms in total. The molecule has 3 rings (SSSR count). The van der Waals surface area contributed by atoms with Gasteiger partial charge in [0, 0.05) is 17.5 Å². The molecule has 0 fully saturated rings.